The Morgan fingerprint density at radius 2 is 2.39 bits per heavy atom. The van der Waals surface area contributed by atoms with Gasteiger partial charge in [-0.25, -0.2) is 4.98 Å². The smallest absolute Gasteiger partial charge is 0.126 e. The van der Waals surface area contributed by atoms with Crippen LogP contribution in [0.25, 0.3) is 0 Å². The zero-order valence-corrected chi connectivity index (χ0v) is 10.9. The molecular formula is C12H15N5S. The second kappa shape index (κ2) is 5.59. The standard InChI is InChI=1S/C12H15N5S/c1-9(8-17-6-2-4-15-17)16-11-7-10(12(13)18)3-5-14-11/h2-7,9H,8H2,1H3,(H2,13,18)(H,14,16). The van der Waals surface area contributed by atoms with E-state index in [1.54, 1.807) is 18.5 Å². The number of nitrogens with two attached hydrogens (primary N) is 1. The Hall–Kier alpha value is -1.95. The first kappa shape index (κ1) is 12.5. The maximum Gasteiger partial charge on any atom is 0.126 e. The van der Waals surface area contributed by atoms with Crippen molar-refractivity contribution in [1.82, 2.24) is 14.8 Å². The van der Waals surface area contributed by atoms with Crippen molar-refractivity contribution in [3.05, 3.63) is 42.4 Å². The molecule has 1 atom stereocenters. The van der Waals surface area contributed by atoms with Gasteiger partial charge in [0.2, 0.25) is 0 Å². The van der Waals surface area contributed by atoms with Gasteiger partial charge < -0.3 is 11.1 Å². The monoisotopic (exact) mass is 261 g/mol. The van der Waals surface area contributed by atoms with Gasteiger partial charge >= 0.3 is 0 Å². The zero-order chi connectivity index (χ0) is 13.0. The van der Waals surface area contributed by atoms with Crippen LogP contribution in [-0.4, -0.2) is 25.8 Å². The van der Waals surface area contributed by atoms with E-state index in [2.05, 4.69) is 22.3 Å². The number of pyridine rings is 1. The summed E-state index contributed by atoms with van der Waals surface area (Å²) in [5, 5.41) is 7.45. The lowest BCUT2D eigenvalue weighted by Gasteiger charge is -2.15. The summed E-state index contributed by atoms with van der Waals surface area (Å²) >= 11 is 4.94. The predicted molar refractivity (Wildman–Crippen MR) is 75.4 cm³/mol. The van der Waals surface area contributed by atoms with E-state index in [1.807, 2.05) is 23.0 Å². The van der Waals surface area contributed by atoms with Crippen molar-refractivity contribution in [2.45, 2.75) is 19.5 Å². The Morgan fingerprint density at radius 3 is 3.06 bits per heavy atom. The van der Waals surface area contributed by atoms with Gasteiger partial charge in [-0.3, -0.25) is 4.68 Å². The normalized spacial score (nSPS) is 12.1. The second-order valence-electron chi connectivity index (χ2n) is 4.07. The highest BCUT2D eigenvalue weighted by molar-refractivity contribution is 7.80. The number of nitrogens with zero attached hydrogens (tertiary/aromatic N) is 3. The molecule has 0 saturated heterocycles. The SMILES string of the molecule is CC(Cn1cccn1)Nc1cc(C(N)=S)ccn1. The van der Waals surface area contributed by atoms with Crippen molar-refractivity contribution in [2.75, 3.05) is 5.32 Å². The lowest BCUT2D eigenvalue weighted by Crippen LogP contribution is -2.23. The fourth-order valence-electron chi connectivity index (χ4n) is 1.65. The molecule has 2 heterocycles. The van der Waals surface area contributed by atoms with E-state index in [-0.39, 0.29) is 6.04 Å². The number of thiocarbonyl (C=S) groups is 1. The second-order valence-corrected chi connectivity index (χ2v) is 4.51. The van der Waals surface area contributed by atoms with Gasteiger partial charge in [-0.2, -0.15) is 5.10 Å². The molecule has 0 bridgehead atoms. The fraction of sp³-hybridized carbons (Fsp3) is 0.250. The summed E-state index contributed by atoms with van der Waals surface area (Å²) in [5.41, 5.74) is 6.40. The molecule has 0 spiro atoms. The highest BCUT2D eigenvalue weighted by Gasteiger charge is 2.05. The predicted octanol–water partition coefficient (Wildman–Crippen LogP) is 1.41. The molecular weight excluding hydrogens is 246 g/mol. The summed E-state index contributed by atoms with van der Waals surface area (Å²) in [6, 6.07) is 5.76. The van der Waals surface area contributed by atoms with Crippen molar-refractivity contribution >= 4 is 23.0 Å². The van der Waals surface area contributed by atoms with Crippen LogP contribution in [0.15, 0.2) is 36.8 Å². The average molecular weight is 261 g/mol. The minimum atomic E-state index is 0.207. The van der Waals surface area contributed by atoms with Crippen LogP contribution in [0.1, 0.15) is 12.5 Å². The summed E-state index contributed by atoms with van der Waals surface area (Å²) in [5.74, 6) is 0.764. The first-order valence-corrected chi connectivity index (χ1v) is 6.06. The molecule has 0 aromatic carbocycles. The van der Waals surface area contributed by atoms with Gasteiger partial charge in [0.15, 0.2) is 0 Å². The fourth-order valence-corrected chi connectivity index (χ4v) is 1.78. The van der Waals surface area contributed by atoms with Crippen molar-refractivity contribution in [1.29, 1.82) is 0 Å². The number of aromatic nitrogens is 3. The van der Waals surface area contributed by atoms with Gasteiger partial charge in [0.05, 0.1) is 6.54 Å². The maximum atomic E-state index is 5.58. The number of anilines is 1. The molecule has 2 aromatic rings. The van der Waals surface area contributed by atoms with Crippen LogP contribution in [0.2, 0.25) is 0 Å². The van der Waals surface area contributed by atoms with Gasteiger partial charge in [0.1, 0.15) is 10.8 Å². The summed E-state index contributed by atoms with van der Waals surface area (Å²) in [6.45, 7) is 2.84. The summed E-state index contributed by atoms with van der Waals surface area (Å²) in [6.07, 6.45) is 5.38. The molecule has 3 N–H and O–H groups in total. The first-order chi connectivity index (χ1) is 8.65. The number of nitrogens with one attached hydrogen (secondary N) is 1. The van der Waals surface area contributed by atoms with Gasteiger partial charge in [-0.15, -0.1) is 0 Å². The van der Waals surface area contributed by atoms with E-state index in [1.165, 1.54) is 0 Å². The molecule has 0 fully saturated rings. The van der Waals surface area contributed by atoms with E-state index in [9.17, 15) is 0 Å². The summed E-state index contributed by atoms with van der Waals surface area (Å²) in [4.78, 5) is 4.61. The quantitative estimate of drug-likeness (QED) is 0.797. The van der Waals surface area contributed by atoms with Crippen LogP contribution in [-0.2, 0) is 6.54 Å². The zero-order valence-electron chi connectivity index (χ0n) is 10.1. The Balaban J connectivity index is 2.00. The minimum absolute atomic E-state index is 0.207. The number of rotatable bonds is 5. The van der Waals surface area contributed by atoms with E-state index < -0.39 is 0 Å². The minimum Gasteiger partial charge on any atom is -0.389 e. The first-order valence-electron chi connectivity index (χ1n) is 5.65. The van der Waals surface area contributed by atoms with Gasteiger partial charge in [0, 0.05) is 30.2 Å². The molecule has 0 amide bonds. The van der Waals surface area contributed by atoms with Crippen LogP contribution in [0.3, 0.4) is 0 Å². The van der Waals surface area contributed by atoms with E-state index in [0.29, 0.717) is 4.99 Å². The molecule has 0 saturated carbocycles. The lowest BCUT2D eigenvalue weighted by molar-refractivity contribution is 0.560. The highest BCUT2D eigenvalue weighted by atomic mass is 32.1. The molecule has 6 heteroatoms. The highest BCUT2D eigenvalue weighted by Crippen LogP contribution is 2.08. The van der Waals surface area contributed by atoms with Gasteiger partial charge in [-0.05, 0) is 25.1 Å². The Kier molecular flexibility index (Phi) is 3.88. The van der Waals surface area contributed by atoms with Crippen LogP contribution in [0.5, 0.6) is 0 Å². The van der Waals surface area contributed by atoms with Crippen LogP contribution in [0.4, 0.5) is 5.82 Å². The summed E-state index contributed by atoms with van der Waals surface area (Å²) in [7, 11) is 0. The third-order valence-corrected chi connectivity index (χ3v) is 2.69. The molecule has 94 valence electrons. The third kappa shape index (κ3) is 3.27. The molecule has 0 aliphatic carbocycles. The summed E-state index contributed by atoms with van der Waals surface area (Å²) < 4.78 is 1.87. The van der Waals surface area contributed by atoms with Crippen molar-refractivity contribution in [3.8, 4) is 0 Å². The van der Waals surface area contributed by atoms with Crippen LogP contribution in [0, 0.1) is 0 Å². The topological polar surface area (TPSA) is 68.8 Å². The molecule has 0 aliphatic rings. The molecule has 0 radical (unpaired) electrons. The molecule has 1 unspecified atom stereocenters. The van der Waals surface area contributed by atoms with E-state index in [4.69, 9.17) is 18.0 Å². The number of hydrogen-bond donors (Lipinski definition) is 2. The van der Waals surface area contributed by atoms with E-state index >= 15 is 0 Å². The largest absolute Gasteiger partial charge is 0.389 e. The average Bonchev–Trinajstić information content (AvgIpc) is 2.82. The molecule has 2 rings (SSSR count). The Morgan fingerprint density at radius 1 is 1.56 bits per heavy atom. The van der Waals surface area contributed by atoms with Gasteiger partial charge in [0.25, 0.3) is 0 Å². The van der Waals surface area contributed by atoms with Crippen molar-refractivity contribution in [2.24, 2.45) is 5.73 Å². The van der Waals surface area contributed by atoms with Crippen LogP contribution < -0.4 is 11.1 Å². The Bertz CT molecular complexity index is 523. The van der Waals surface area contributed by atoms with Crippen molar-refractivity contribution in [3.63, 3.8) is 0 Å². The van der Waals surface area contributed by atoms with Crippen LogP contribution >= 0.6 is 12.2 Å². The number of hydrogen-bond acceptors (Lipinski definition) is 4. The lowest BCUT2D eigenvalue weighted by atomic mass is 10.2. The molecule has 5 nitrogen and oxygen atoms in total. The molecule has 2 aromatic heterocycles. The molecule has 0 aliphatic heterocycles. The van der Waals surface area contributed by atoms with Crippen molar-refractivity contribution < 1.29 is 0 Å². The van der Waals surface area contributed by atoms with Gasteiger partial charge in [-0.1, -0.05) is 12.2 Å². The third-order valence-electron chi connectivity index (χ3n) is 2.46. The molecule has 18 heavy (non-hydrogen) atoms. The van der Waals surface area contributed by atoms with E-state index in [0.717, 1.165) is 17.9 Å². The maximum absolute atomic E-state index is 5.58. The Labute approximate surface area is 111 Å².